The van der Waals surface area contributed by atoms with Crippen molar-refractivity contribution in [2.24, 2.45) is 0 Å². The molecule has 0 fully saturated rings. The molecule has 0 aromatic heterocycles. The highest BCUT2D eigenvalue weighted by Crippen LogP contribution is 2.18. The lowest BCUT2D eigenvalue weighted by molar-refractivity contribution is -0.151. The second kappa shape index (κ2) is 45.7. The lowest BCUT2D eigenvalue weighted by Crippen LogP contribution is -2.46. The van der Waals surface area contributed by atoms with Crippen molar-refractivity contribution in [3.05, 3.63) is 12.2 Å². The third-order valence-corrected chi connectivity index (χ3v) is 11.8. The molecule has 0 rings (SSSR count). The summed E-state index contributed by atoms with van der Waals surface area (Å²) in [4.78, 5) is 26.0. The van der Waals surface area contributed by atoms with E-state index in [9.17, 15) is 19.8 Å². The molecular formula is C51H99NO5. The van der Waals surface area contributed by atoms with Crippen molar-refractivity contribution >= 4 is 11.9 Å². The summed E-state index contributed by atoms with van der Waals surface area (Å²) in [5.41, 5.74) is 0. The third-order valence-electron chi connectivity index (χ3n) is 11.8. The van der Waals surface area contributed by atoms with E-state index < -0.39 is 18.2 Å². The Bertz CT molecular complexity index is 863. The van der Waals surface area contributed by atoms with E-state index >= 15 is 0 Å². The Hall–Kier alpha value is -1.40. The Morgan fingerprint density at radius 1 is 0.491 bits per heavy atom. The molecule has 3 N–H and O–H groups in total. The van der Waals surface area contributed by atoms with Crippen LogP contribution < -0.4 is 5.32 Å². The monoisotopic (exact) mass is 806 g/mol. The summed E-state index contributed by atoms with van der Waals surface area (Å²) in [6.45, 7) is 6.48. The molecule has 0 radical (unpaired) electrons. The number of carbonyl (C=O) groups is 2. The van der Waals surface area contributed by atoms with Gasteiger partial charge in [-0.1, -0.05) is 226 Å². The molecule has 338 valence electrons. The van der Waals surface area contributed by atoms with Gasteiger partial charge in [-0.3, -0.25) is 9.59 Å². The van der Waals surface area contributed by atoms with E-state index in [0.717, 1.165) is 57.8 Å². The van der Waals surface area contributed by atoms with Crippen LogP contribution in [0.25, 0.3) is 0 Å². The van der Waals surface area contributed by atoms with Crippen LogP contribution in [0.1, 0.15) is 278 Å². The Morgan fingerprint density at radius 3 is 1.26 bits per heavy atom. The van der Waals surface area contributed by atoms with E-state index in [1.807, 2.05) is 0 Å². The Morgan fingerprint density at radius 2 is 0.842 bits per heavy atom. The van der Waals surface area contributed by atoms with Gasteiger partial charge in [0.2, 0.25) is 5.91 Å². The quantitative estimate of drug-likeness (QED) is 0.0323. The van der Waals surface area contributed by atoms with E-state index in [2.05, 4.69) is 38.2 Å². The van der Waals surface area contributed by atoms with Crippen molar-refractivity contribution < 1.29 is 24.5 Å². The van der Waals surface area contributed by atoms with Gasteiger partial charge in [0.05, 0.1) is 25.2 Å². The number of hydrogen-bond donors (Lipinski definition) is 3. The lowest BCUT2D eigenvalue weighted by Gasteiger charge is -2.24. The number of carbonyl (C=O) groups excluding carboxylic acids is 2. The minimum atomic E-state index is -0.785. The van der Waals surface area contributed by atoms with Gasteiger partial charge in [0.15, 0.2) is 0 Å². The first-order chi connectivity index (χ1) is 28.0. The fourth-order valence-electron chi connectivity index (χ4n) is 7.96. The number of amides is 1. The standard InChI is InChI=1S/C51H99NO5/c1-4-7-10-13-16-19-21-23-25-27-29-32-34-37-40-43-49(54)48(46-53)52-50(55)45-47(57-51(56)44-41-38-35-30-18-15-12-9-6-3)42-39-36-33-31-28-26-24-22-20-17-14-11-8-5-2/h26,28,47-49,53-54H,4-25,27,29-46H2,1-3H3,(H,52,55)/b28-26+. The minimum Gasteiger partial charge on any atom is -0.462 e. The summed E-state index contributed by atoms with van der Waals surface area (Å²) in [5.74, 6) is -0.477. The van der Waals surface area contributed by atoms with Gasteiger partial charge in [0.25, 0.3) is 0 Å². The van der Waals surface area contributed by atoms with Crippen LogP contribution in [0.3, 0.4) is 0 Å². The molecule has 0 saturated carbocycles. The highest BCUT2D eigenvalue weighted by molar-refractivity contribution is 5.77. The van der Waals surface area contributed by atoms with Crippen molar-refractivity contribution in [3.63, 3.8) is 0 Å². The number of aliphatic hydroxyl groups is 2. The van der Waals surface area contributed by atoms with Crippen molar-refractivity contribution in [3.8, 4) is 0 Å². The highest BCUT2D eigenvalue weighted by Gasteiger charge is 2.24. The van der Waals surface area contributed by atoms with Crippen LogP contribution in [0.15, 0.2) is 12.2 Å². The molecule has 1 amide bonds. The Labute approximate surface area is 355 Å². The first kappa shape index (κ1) is 55.6. The number of esters is 1. The molecule has 6 nitrogen and oxygen atoms in total. The predicted molar refractivity (Wildman–Crippen MR) is 246 cm³/mol. The molecule has 3 unspecified atom stereocenters. The molecule has 0 spiro atoms. The zero-order chi connectivity index (χ0) is 41.7. The van der Waals surface area contributed by atoms with Crippen molar-refractivity contribution in [1.82, 2.24) is 5.32 Å². The first-order valence-corrected chi connectivity index (χ1v) is 25.4. The maximum atomic E-state index is 13.2. The Kier molecular flexibility index (Phi) is 44.6. The van der Waals surface area contributed by atoms with Crippen LogP contribution in [0, 0.1) is 0 Å². The number of unbranched alkanes of at least 4 members (excludes halogenated alkanes) is 32. The SMILES string of the molecule is CCCCCCCCC/C=C/CCCCCC(CC(=O)NC(CO)C(O)CCCCCCCCCCCCCCCCC)OC(=O)CCCCCCCCCCC. The second-order valence-corrected chi connectivity index (χ2v) is 17.6. The molecule has 6 heteroatoms. The molecular weight excluding hydrogens is 707 g/mol. The normalized spacial score (nSPS) is 13.3. The molecule has 0 aliphatic rings. The summed E-state index contributed by atoms with van der Waals surface area (Å²) < 4.78 is 5.90. The van der Waals surface area contributed by atoms with E-state index in [1.165, 1.54) is 173 Å². The molecule has 0 aromatic carbocycles. The molecule has 0 aromatic rings. The van der Waals surface area contributed by atoms with Gasteiger partial charge in [-0.05, 0) is 51.4 Å². The second-order valence-electron chi connectivity index (χ2n) is 17.6. The molecule has 0 bridgehead atoms. The number of hydrogen-bond acceptors (Lipinski definition) is 5. The molecule has 0 aliphatic carbocycles. The minimum absolute atomic E-state index is 0.0734. The summed E-state index contributed by atoms with van der Waals surface area (Å²) in [7, 11) is 0. The smallest absolute Gasteiger partial charge is 0.306 e. The zero-order valence-corrected chi connectivity index (χ0v) is 38.5. The average Bonchev–Trinajstić information content (AvgIpc) is 3.20. The first-order valence-electron chi connectivity index (χ1n) is 25.4. The van der Waals surface area contributed by atoms with Crippen LogP contribution in [0.2, 0.25) is 0 Å². The van der Waals surface area contributed by atoms with E-state index in [0.29, 0.717) is 19.3 Å². The van der Waals surface area contributed by atoms with Gasteiger partial charge < -0.3 is 20.3 Å². The Balaban J connectivity index is 4.50. The fourth-order valence-corrected chi connectivity index (χ4v) is 7.96. The summed E-state index contributed by atoms with van der Waals surface area (Å²) >= 11 is 0. The number of aliphatic hydroxyl groups excluding tert-OH is 2. The van der Waals surface area contributed by atoms with Gasteiger partial charge in [-0.25, -0.2) is 0 Å². The summed E-state index contributed by atoms with van der Waals surface area (Å²) in [6.07, 6.45) is 49.9. The van der Waals surface area contributed by atoms with Gasteiger partial charge >= 0.3 is 5.97 Å². The van der Waals surface area contributed by atoms with Crippen molar-refractivity contribution in [2.45, 2.75) is 296 Å². The fraction of sp³-hybridized carbons (Fsp3) is 0.922. The van der Waals surface area contributed by atoms with Gasteiger partial charge in [-0.2, -0.15) is 0 Å². The van der Waals surface area contributed by atoms with Gasteiger partial charge in [-0.15, -0.1) is 0 Å². The van der Waals surface area contributed by atoms with Crippen LogP contribution in [-0.2, 0) is 14.3 Å². The summed E-state index contributed by atoms with van der Waals surface area (Å²) in [5, 5.41) is 23.7. The largest absolute Gasteiger partial charge is 0.462 e. The van der Waals surface area contributed by atoms with Gasteiger partial charge in [0, 0.05) is 6.42 Å². The molecule has 57 heavy (non-hydrogen) atoms. The molecule has 0 saturated heterocycles. The van der Waals surface area contributed by atoms with Crippen molar-refractivity contribution in [2.75, 3.05) is 6.61 Å². The van der Waals surface area contributed by atoms with E-state index in [-0.39, 0.29) is 24.9 Å². The maximum absolute atomic E-state index is 13.2. The van der Waals surface area contributed by atoms with Crippen LogP contribution in [0.5, 0.6) is 0 Å². The van der Waals surface area contributed by atoms with E-state index in [1.54, 1.807) is 0 Å². The lowest BCUT2D eigenvalue weighted by atomic mass is 10.0. The number of rotatable bonds is 46. The number of allylic oxidation sites excluding steroid dienone is 2. The maximum Gasteiger partial charge on any atom is 0.306 e. The predicted octanol–water partition coefficient (Wildman–Crippen LogP) is 15.0. The van der Waals surface area contributed by atoms with E-state index in [4.69, 9.17) is 4.74 Å². The third kappa shape index (κ3) is 41.1. The van der Waals surface area contributed by atoms with Crippen LogP contribution in [0.4, 0.5) is 0 Å². The summed E-state index contributed by atoms with van der Waals surface area (Å²) in [6, 6.07) is -0.699. The van der Waals surface area contributed by atoms with Crippen LogP contribution in [-0.4, -0.2) is 46.9 Å². The molecule has 3 atom stereocenters. The topological polar surface area (TPSA) is 95.9 Å². The molecule has 0 heterocycles. The highest BCUT2D eigenvalue weighted by atomic mass is 16.5. The van der Waals surface area contributed by atoms with Gasteiger partial charge in [0.1, 0.15) is 6.10 Å². The number of ether oxygens (including phenoxy) is 1. The number of nitrogens with one attached hydrogen (secondary N) is 1. The average molecular weight is 806 g/mol. The molecule has 0 aliphatic heterocycles. The van der Waals surface area contributed by atoms with Crippen molar-refractivity contribution in [1.29, 1.82) is 0 Å². The van der Waals surface area contributed by atoms with Crippen LogP contribution >= 0.6 is 0 Å². The zero-order valence-electron chi connectivity index (χ0n) is 38.5.